The minimum absolute atomic E-state index is 0.0171. The molecule has 6 heteroatoms. The van der Waals surface area contributed by atoms with Gasteiger partial charge in [0.15, 0.2) is 0 Å². The van der Waals surface area contributed by atoms with Crippen molar-refractivity contribution in [3.63, 3.8) is 0 Å². The van der Waals surface area contributed by atoms with Gasteiger partial charge in [0.2, 0.25) is 0 Å². The van der Waals surface area contributed by atoms with Crippen LogP contribution in [0.1, 0.15) is 38.3 Å². The van der Waals surface area contributed by atoms with Gasteiger partial charge in [-0.15, -0.1) is 0 Å². The Morgan fingerprint density at radius 3 is 2.62 bits per heavy atom. The van der Waals surface area contributed by atoms with Gasteiger partial charge in [-0.2, -0.15) is 5.10 Å². The second-order valence-corrected chi connectivity index (χ2v) is 6.48. The van der Waals surface area contributed by atoms with Crippen LogP contribution in [0.3, 0.4) is 0 Å². The van der Waals surface area contributed by atoms with Crippen molar-refractivity contribution < 1.29 is 9.53 Å². The third-order valence-electron chi connectivity index (χ3n) is 4.61. The first-order chi connectivity index (χ1) is 11.6. The molecule has 1 amide bonds. The Morgan fingerprint density at radius 1 is 1.33 bits per heavy atom. The van der Waals surface area contributed by atoms with Gasteiger partial charge < -0.3 is 9.64 Å². The molecule has 0 N–H and O–H groups in total. The molecule has 6 nitrogen and oxygen atoms in total. The molecule has 24 heavy (non-hydrogen) atoms. The molecule has 0 unspecified atom stereocenters. The van der Waals surface area contributed by atoms with Gasteiger partial charge in [0.25, 0.3) is 5.91 Å². The van der Waals surface area contributed by atoms with Crippen LogP contribution in [0.25, 0.3) is 5.69 Å². The van der Waals surface area contributed by atoms with Crippen molar-refractivity contribution >= 4 is 5.91 Å². The van der Waals surface area contributed by atoms with Crippen LogP contribution >= 0.6 is 0 Å². The van der Waals surface area contributed by atoms with Gasteiger partial charge in [0.1, 0.15) is 18.8 Å². The molecule has 1 saturated carbocycles. The maximum atomic E-state index is 12.5. The summed E-state index contributed by atoms with van der Waals surface area (Å²) in [5.41, 5.74) is 2.02. The van der Waals surface area contributed by atoms with Crippen LogP contribution < -0.4 is 0 Å². The van der Waals surface area contributed by atoms with E-state index in [1.165, 1.54) is 19.2 Å². The molecule has 1 aliphatic rings. The number of nitrogens with zero attached hydrogens (tertiary/aromatic N) is 4. The lowest BCUT2D eigenvalue weighted by molar-refractivity contribution is -0.143. The summed E-state index contributed by atoms with van der Waals surface area (Å²) in [6.45, 7) is 4.56. The number of aromatic nitrogens is 3. The van der Waals surface area contributed by atoms with E-state index in [4.69, 9.17) is 4.74 Å². The first-order valence-corrected chi connectivity index (χ1v) is 8.39. The second-order valence-electron chi connectivity index (χ2n) is 6.48. The highest BCUT2D eigenvalue weighted by molar-refractivity contribution is 5.80. The molecule has 2 aromatic rings. The highest BCUT2D eigenvalue weighted by Gasteiger charge is 2.27. The Hall–Kier alpha value is -2.21. The second kappa shape index (κ2) is 7.13. The van der Waals surface area contributed by atoms with E-state index in [0.29, 0.717) is 12.5 Å². The number of carbonyl (C=O) groups excluding carboxylic acids is 1. The van der Waals surface area contributed by atoms with Crippen molar-refractivity contribution in [2.45, 2.75) is 38.8 Å². The van der Waals surface area contributed by atoms with E-state index < -0.39 is 6.10 Å². The summed E-state index contributed by atoms with van der Waals surface area (Å²) in [6, 6.07) is 7.97. The fraction of sp³-hybridized carbons (Fsp3) is 0.500. The fourth-order valence-electron chi connectivity index (χ4n) is 2.58. The molecule has 1 heterocycles. The molecule has 0 saturated heterocycles. The molecule has 2 atom stereocenters. The smallest absolute Gasteiger partial charge is 0.251 e. The van der Waals surface area contributed by atoms with Gasteiger partial charge in [-0.3, -0.25) is 4.79 Å². The molecular formula is C18H24N4O2. The maximum absolute atomic E-state index is 12.5. The van der Waals surface area contributed by atoms with E-state index in [-0.39, 0.29) is 11.9 Å². The number of rotatable bonds is 7. The molecule has 0 aliphatic heterocycles. The summed E-state index contributed by atoms with van der Waals surface area (Å²) in [5.74, 6) is 0.677. The van der Waals surface area contributed by atoms with Gasteiger partial charge >= 0.3 is 0 Å². The van der Waals surface area contributed by atoms with Crippen molar-refractivity contribution in [1.82, 2.24) is 19.7 Å². The van der Waals surface area contributed by atoms with E-state index in [1.807, 2.05) is 45.2 Å². The van der Waals surface area contributed by atoms with Crippen LogP contribution in [0.5, 0.6) is 0 Å². The predicted molar refractivity (Wildman–Crippen MR) is 90.7 cm³/mol. The summed E-state index contributed by atoms with van der Waals surface area (Å²) in [4.78, 5) is 18.2. The molecule has 3 rings (SSSR count). The zero-order valence-corrected chi connectivity index (χ0v) is 14.4. The fourth-order valence-corrected chi connectivity index (χ4v) is 2.58. The monoisotopic (exact) mass is 328 g/mol. The number of ether oxygens (including phenoxy) is 1. The van der Waals surface area contributed by atoms with Gasteiger partial charge in [-0.05, 0) is 50.3 Å². The first-order valence-electron chi connectivity index (χ1n) is 8.39. The number of likely N-dealkylation sites (N-methyl/N-ethyl adjacent to an activating group) is 1. The summed E-state index contributed by atoms with van der Waals surface area (Å²) in [6.07, 6.45) is 5.22. The Morgan fingerprint density at radius 2 is 2.04 bits per heavy atom. The Balaban J connectivity index is 1.61. The number of amides is 1. The molecule has 0 radical (unpaired) electrons. The molecule has 0 spiro atoms. The number of hydrogen-bond acceptors (Lipinski definition) is 4. The molecular weight excluding hydrogens is 304 g/mol. The zero-order chi connectivity index (χ0) is 17.1. The van der Waals surface area contributed by atoms with Crippen LogP contribution in [0.2, 0.25) is 0 Å². The number of hydrogen-bond donors (Lipinski definition) is 0. The first kappa shape index (κ1) is 16.6. The van der Waals surface area contributed by atoms with Crippen LogP contribution in [-0.2, 0) is 9.53 Å². The lowest BCUT2D eigenvalue weighted by Gasteiger charge is -2.28. The van der Waals surface area contributed by atoms with Crippen molar-refractivity contribution in [3.05, 3.63) is 42.5 Å². The number of carbonyl (C=O) groups is 1. The molecule has 1 fully saturated rings. The van der Waals surface area contributed by atoms with E-state index in [0.717, 1.165) is 11.3 Å². The molecule has 128 valence electrons. The van der Waals surface area contributed by atoms with E-state index in [2.05, 4.69) is 10.1 Å². The Bertz CT molecular complexity index is 665. The average molecular weight is 328 g/mol. The van der Waals surface area contributed by atoms with E-state index >= 15 is 0 Å². The Kier molecular flexibility index (Phi) is 4.94. The van der Waals surface area contributed by atoms with Crippen molar-refractivity contribution in [3.8, 4) is 5.69 Å². The van der Waals surface area contributed by atoms with E-state index in [9.17, 15) is 4.79 Å². The Labute approximate surface area is 142 Å². The quantitative estimate of drug-likeness (QED) is 0.784. The summed E-state index contributed by atoms with van der Waals surface area (Å²) in [5, 5.41) is 4.11. The minimum atomic E-state index is -0.396. The SMILES string of the molecule is C[C@@H](OCC1CC1)C(=O)N(C)[C@@H](C)c1ccc(-n2cncn2)cc1. The number of benzene rings is 1. The van der Waals surface area contributed by atoms with Gasteiger partial charge in [0, 0.05) is 7.05 Å². The third-order valence-corrected chi connectivity index (χ3v) is 4.61. The lowest BCUT2D eigenvalue weighted by atomic mass is 10.1. The molecule has 1 aromatic carbocycles. The normalized spacial score (nSPS) is 16.6. The zero-order valence-electron chi connectivity index (χ0n) is 14.4. The predicted octanol–water partition coefficient (Wildman–Crippen LogP) is 2.60. The van der Waals surface area contributed by atoms with E-state index in [1.54, 1.807) is 15.9 Å². The lowest BCUT2D eigenvalue weighted by Crippen LogP contribution is -2.38. The van der Waals surface area contributed by atoms with Crippen molar-refractivity contribution in [2.75, 3.05) is 13.7 Å². The van der Waals surface area contributed by atoms with Crippen molar-refractivity contribution in [2.24, 2.45) is 5.92 Å². The summed E-state index contributed by atoms with van der Waals surface area (Å²) in [7, 11) is 1.83. The average Bonchev–Trinajstić information content (AvgIpc) is 3.29. The topological polar surface area (TPSA) is 60.2 Å². The molecule has 1 aromatic heterocycles. The van der Waals surface area contributed by atoms with Crippen LogP contribution in [0.4, 0.5) is 0 Å². The summed E-state index contributed by atoms with van der Waals surface area (Å²) >= 11 is 0. The molecule has 0 bridgehead atoms. The van der Waals surface area contributed by atoms with Gasteiger partial charge in [-0.25, -0.2) is 9.67 Å². The largest absolute Gasteiger partial charge is 0.368 e. The van der Waals surface area contributed by atoms with Crippen LogP contribution in [-0.4, -0.2) is 45.3 Å². The van der Waals surface area contributed by atoms with Gasteiger partial charge in [-0.1, -0.05) is 12.1 Å². The highest BCUT2D eigenvalue weighted by Crippen LogP contribution is 2.29. The minimum Gasteiger partial charge on any atom is -0.368 e. The summed E-state index contributed by atoms with van der Waals surface area (Å²) < 4.78 is 7.40. The van der Waals surface area contributed by atoms with Crippen LogP contribution in [0, 0.1) is 5.92 Å². The van der Waals surface area contributed by atoms with Crippen LogP contribution in [0.15, 0.2) is 36.9 Å². The maximum Gasteiger partial charge on any atom is 0.251 e. The highest BCUT2D eigenvalue weighted by atomic mass is 16.5. The molecule has 1 aliphatic carbocycles. The third kappa shape index (κ3) is 3.82. The van der Waals surface area contributed by atoms with Crippen molar-refractivity contribution in [1.29, 1.82) is 0 Å². The standard InChI is InChI=1S/C18H24N4O2/c1-13(21(3)18(23)14(2)24-10-15-4-5-15)16-6-8-17(9-7-16)22-12-19-11-20-22/h6-9,11-15H,4-5,10H2,1-3H3/t13-,14+/m0/s1. The van der Waals surface area contributed by atoms with Gasteiger partial charge in [0.05, 0.1) is 18.3 Å².